The van der Waals surface area contributed by atoms with Crippen molar-refractivity contribution in [1.82, 2.24) is 0 Å². The zero-order chi connectivity index (χ0) is 15.4. The molecule has 0 aliphatic heterocycles. The van der Waals surface area contributed by atoms with Crippen LogP contribution in [0.1, 0.15) is 16.7 Å². The van der Waals surface area contributed by atoms with Crippen LogP contribution in [0.4, 0.5) is 5.69 Å². The first-order valence-corrected chi connectivity index (χ1v) is 6.74. The summed E-state index contributed by atoms with van der Waals surface area (Å²) in [6.45, 7) is 2.39. The average Bonchev–Trinajstić information content (AvgIpc) is 2.45. The summed E-state index contributed by atoms with van der Waals surface area (Å²) in [5.74, 6) is 0.194. The molecule has 110 valence electrons. The first kappa shape index (κ1) is 15.3. The van der Waals surface area contributed by atoms with Gasteiger partial charge in [-0.15, -0.1) is 0 Å². The van der Waals surface area contributed by atoms with Crippen molar-refractivity contribution in [2.45, 2.75) is 20.1 Å². The van der Waals surface area contributed by atoms with Gasteiger partial charge in [0.25, 0.3) is 0 Å². The van der Waals surface area contributed by atoms with Gasteiger partial charge in [0.1, 0.15) is 6.61 Å². The quantitative estimate of drug-likeness (QED) is 0.676. The Hall–Kier alpha value is -2.11. The third-order valence-electron chi connectivity index (χ3n) is 3.05. The van der Waals surface area contributed by atoms with Gasteiger partial charge in [-0.1, -0.05) is 29.8 Å². The van der Waals surface area contributed by atoms with Crippen LogP contribution < -0.4 is 10.5 Å². The fraction of sp³-hybridized carbons (Fsp3) is 0.200. The van der Waals surface area contributed by atoms with Crippen LogP contribution in [0.15, 0.2) is 36.4 Å². The summed E-state index contributed by atoms with van der Waals surface area (Å²) in [5, 5.41) is 11.6. The first-order chi connectivity index (χ1) is 10.0. The SMILES string of the molecule is Cc1ccc(COc2cc(CN)ccc2[N+](=O)[O-])c(Cl)c1. The number of nitrogens with zero attached hydrogens (tertiary/aromatic N) is 1. The number of halogens is 1. The van der Waals surface area contributed by atoms with Crippen LogP contribution in [-0.4, -0.2) is 4.92 Å². The van der Waals surface area contributed by atoms with Crippen molar-refractivity contribution >= 4 is 17.3 Å². The maximum absolute atomic E-state index is 11.0. The Kier molecular flexibility index (Phi) is 4.77. The molecule has 21 heavy (non-hydrogen) atoms. The Morgan fingerprint density at radius 2 is 2.05 bits per heavy atom. The summed E-state index contributed by atoms with van der Waals surface area (Å²) in [4.78, 5) is 10.5. The number of nitro benzene ring substituents is 1. The van der Waals surface area contributed by atoms with Gasteiger partial charge in [0.05, 0.1) is 4.92 Å². The van der Waals surface area contributed by atoms with Crippen LogP contribution in [0.3, 0.4) is 0 Å². The summed E-state index contributed by atoms with van der Waals surface area (Å²) in [6.07, 6.45) is 0. The summed E-state index contributed by atoms with van der Waals surface area (Å²) < 4.78 is 5.57. The molecule has 0 aliphatic rings. The molecule has 2 aromatic carbocycles. The number of rotatable bonds is 5. The molecule has 2 rings (SSSR count). The minimum Gasteiger partial charge on any atom is -0.482 e. The van der Waals surface area contributed by atoms with E-state index in [1.807, 2.05) is 25.1 Å². The van der Waals surface area contributed by atoms with E-state index in [4.69, 9.17) is 22.1 Å². The van der Waals surface area contributed by atoms with Crippen molar-refractivity contribution in [3.63, 3.8) is 0 Å². The lowest BCUT2D eigenvalue weighted by molar-refractivity contribution is -0.386. The smallest absolute Gasteiger partial charge is 0.310 e. The maximum Gasteiger partial charge on any atom is 0.310 e. The second kappa shape index (κ2) is 6.56. The van der Waals surface area contributed by atoms with E-state index in [9.17, 15) is 10.1 Å². The number of hydrogen-bond acceptors (Lipinski definition) is 4. The van der Waals surface area contributed by atoms with Crippen LogP contribution >= 0.6 is 11.6 Å². The lowest BCUT2D eigenvalue weighted by atomic mass is 10.1. The Morgan fingerprint density at radius 1 is 1.29 bits per heavy atom. The molecular formula is C15H15ClN2O3. The molecular weight excluding hydrogens is 292 g/mol. The summed E-state index contributed by atoms with van der Waals surface area (Å²) >= 11 is 6.12. The molecule has 0 heterocycles. The molecule has 0 radical (unpaired) electrons. The average molecular weight is 307 g/mol. The van der Waals surface area contributed by atoms with Crippen LogP contribution in [0.25, 0.3) is 0 Å². The maximum atomic E-state index is 11.0. The molecule has 0 unspecified atom stereocenters. The highest BCUT2D eigenvalue weighted by molar-refractivity contribution is 6.31. The van der Waals surface area contributed by atoms with Gasteiger partial charge < -0.3 is 10.5 Å². The molecule has 0 amide bonds. The van der Waals surface area contributed by atoms with Crippen molar-refractivity contribution in [2.24, 2.45) is 5.73 Å². The molecule has 6 heteroatoms. The van der Waals surface area contributed by atoms with E-state index in [0.717, 1.165) is 16.7 Å². The van der Waals surface area contributed by atoms with Gasteiger partial charge in [-0.25, -0.2) is 0 Å². The van der Waals surface area contributed by atoms with Crippen molar-refractivity contribution in [3.05, 3.63) is 68.2 Å². The van der Waals surface area contributed by atoms with Crippen molar-refractivity contribution in [2.75, 3.05) is 0 Å². The fourth-order valence-electron chi connectivity index (χ4n) is 1.88. The Balaban J connectivity index is 2.24. The third kappa shape index (κ3) is 3.71. The van der Waals surface area contributed by atoms with Crippen LogP contribution in [-0.2, 0) is 13.2 Å². The van der Waals surface area contributed by atoms with Crippen molar-refractivity contribution in [3.8, 4) is 5.75 Å². The van der Waals surface area contributed by atoms with Crippen LogP contribution in [0, 0.1) is 17.0 Å². The van der Waals surface area contributed by atoms with E-state index in [2.05, 4.69) is 0 Å². The van der Waals surface area contributed by atoms with Crippen LogP contribution in [0.2, 0.25) is 5.02 Å². The van der Waals surface area contributed by atoms with Gasteiger partial charge in [0.15, 0.2) is 5.75 Å². The zero-order valence-corrected chi connectivity index (χ0v) is 12.3. The number of nitrogens with two attached hydrogens (primary N) is 1. The third-order valence-corrected chi connectivity index (χ3v) is 3.40. The molecule has 0 fully saturated rings. The molecule has 0 spiro atoms. The van der Waals surface area contributed by atoms with E-state index in [-0.39, 0.29) is 18.0 Å². The molecule has 5 nitrogen and oxygen atoms in total. The van der Waals surface area contributed by atoms with Crippen LogP contribution in [0.5, 0.6) is 5.75 Å². The minimum absolute atomic E-state index is 0.0876. The van der Waals surface area contributed by atoms with Gasteiger partial charge in [0.2, 0.25) is 0 Å². The zero-order valence-electron chi connectivity index (χ0n) is 11.5. The molecule has 2 N–H and O–H groups in total. The normalized spacial score (nSPS) is 10.4. The number of hydrogen-bond donors (Lipinski definition) is 1. The predicted molar refractivity (Wildman–Crippen MR) is 81.5 cm³/mol. The second-order valence-electron chi connectivity index (χ2n) is 4.65. The van der Waals surface area contributed by atoms with Gasteiger partial charge in [-0.2, -0.15) is 0 Å². The second-order valence-corrected chi connectivity index (χ2v) is 5.05. The minimum atomic E-state index is -0.480. The molecule has 0 aromatic heterocycles. The topological polar surface area (TPSA) is 78.4 Å². The summed E-state index contributed by atoms with van der Waals surface area (Å²) in [6, 6.07) is 10.2. The van der Waals surface area contributed by atoms with E-state index >= 15 is 0 Å². The molecule has 0 saturated carbocycles. The lowest BCUT2D eigenvalue weighted by Crippen LogP contribution is -2.02. The van der Waals surface area contributed by atoms with E-state index in [1.165, 1.54) is 6.07 Å². The predicted octanol–water partition coefficient (Wildman–Crippen LogP) is 3.59. The molecule has 2 aromatic rings. The Labute approximate surface area is 127 Å². The van der Waals surface area contributed by atoms with Crippen molar-refractivity contribution in [1.29, 1.82) is 0 Å². The molecule has 0 saturated heterocycles. The number of nitro groups is 1. The number of aryl methyl sites for hydroxylation is 1. The Morgan fingerprint density at radius 3 is 2.67 bits per heavy atom. The standard InChI is InChI=1S/C15H15ClN2O3/c1-10-2-4-12(13(16)6-10)9-21-15-7-11(8-17)3-5-14(15)18(19)20/h2-7H,8-9,17H2,1H3. The highest BCUT2D eigenvalue weighted by atomic mass is 35.5. The highest BCUT2D eigenvalue weighted by Crippen LogP contribution is 2.29. The van der Waals surface area contributed by atoms with E-state index < -0.39 is 4.92 Å². The van der Waals surface area contributed by atoms with E-state index in [0.29, 0.717) is 11.6 Å². The van der Waals surface area contributed by atoms with Gasteiger partial charge in [-0.3, -0.25) is 10.1 Å². The number of benzene rings is 2. The molecule has 0 aliphatic carbocycles. The molecule has 0 bridgehead atoms. The monoisotopic (exact) mass is 306 g/mol. The van der Waals surface area contributed by atoms with E-state index in [1.54, 1.807) is 12.1 Å². The first-order valence-electron chi connectivity index (χ1n) is 6.36. The number of ether oxygens (including phenoxy) is 1. The van der Waals surface area contributed by atoms with Gasteiger partial charge in [0, 0.05) is 23.2 Å². The van der Waals surface area contributed by atoms with Gasteiger partial charge >= 0.3 is 5.69 Å². The summed E-state index contributed by atoms with van der Waals surface area (Å²) in [7, 11) is 0. The lowest BCUT2D eigenvalue weighted by Gasteiger charge is -2.10. The molecule has 0 atom stereocenters. The van der Waals surface area contributed by atoms with Gasteiger partial charge in [-0.05, 0) is 30.2 Å². The Bertz CT molecular complexity index is 674. The highest BCUT2D eigenvalue weighted by Gasteiger charge is 2.16. The summed E-state index contributed by atoms with van der Waals surface area (Å²) in [5.41, 5.74) is 8.04. The largest absolute Gasteiger partial charge is 0.482 e. The fourth-order valence-corrected chi connectivity index (χ4v) is 2.17. The van der Waals surface area contributed by atoms with Crippen molar-refractivity contribution < 1.29 is 9.66 Å².